The molecule has 0 unspecified atom stereocenters. The minimum Gasteiger partial charge on any atom is -0.495 e. The molecule has 0 saturated carbocycles. The minimum atomic E-state index is 0.331. The standard InChI is InChI=1S/C12H9Cl3N2O/c1-6-10(14)16-12(17-11(6)15)7-3-4-9(18-2)8(13)5-7/h3-5H,1-2H3. The van der Waals surface area contributed by atoms with Gasteiger partial charge >= 0.3 is 0 Å². The average Bonchev–Trinajstić information content (AvgIpc) is 2.35. The molecule has 0 radical (unpaired) electrons. The smallest absolute Gasteiger partial charge is 0.162 e. The van der Waals surface area contributed by atoms with E-state index in [1.165, 1.54) is 0 Å². The van der Waals surface area contributed by atoms with E-state index in [9.17, 15) is 0 Å². The normalized spacial score (nSPS) is 10.5. The van der Waals surface area contributed by atoms with Crippen LogP contribution in [0.5, 0.6) is 5.75 Å². The largest absolute Gasteiger partial charge is 0.495 e. The molecule has 0 amide bonds. The maximum Gasteiger partial charge on any atom is 0.162 e. The summed E-state index contributed by atoms with van der Waals surface area (Å²) in [6.45, 7) is 1.76. The number of nitrogens with zero attached hydrogens (tertiary/aromatic N) is 2. The van der Waals surface area contributed by atoms with Gasteiger partial charge in [0.05, 0.1) is 12.1 Å². The van der Waals surface area contributed by atoms with Crippen LogP contribution in [0.2, 0.25) is 15.3 Å². The number of rotatable bonds is 2. The Morgan fingerprint density at radius 2 is 1.67 bits per heavy atom. The van der Waals surface area contributed by atoms with Gasteiger partial charge in [-0.15, -0.1) is 0 Å². The Balaban J connectivity index is 2.52. The molecule has 0 aliphatic heterocycles. The van der Waals surface area contributed by atoms with E-state index in [0.717, 1.165) is 5.56 Å². The van der Waals surface area contributed by atoms with Crippen LogP contribution >= 0.6 is 34.8 Å². The third kappa shape index (κ3) is 2.53. The van der Waals surface area contributed by atoms with Crippen LogP contribution in [0.4, 0.5) is 0 Å². The zero-order valence-electron chi connectivity index (χ0n) is 9.67. The Hall–Kier alpha value is -1.03. The lowest BCUT2D eigenvalue weighted by molar-refractivity contribution is 0.415. The van der Waals surface area contributed by atoms with Gasteiger partial charge < -0.3 is 4.74 Å². The predicted octanol–water partition coefficient (Wildman–Crippen LogP) is 4.42. The first kappa shape index (κ1) is 13.4. The Labute approximate surface area is 120 Å². The molecule has 1 heterocycles. The van der Waals surface area contributed by atoms with E-state index in [1.54, 1.807) is 32.2 Å². The van der Waals surface area contributed by atoms with Crippen LogP contribution in [0.15, 0.2) is 18.2 Å². The first-order chi connectivity index (χ1) is 8.52. The van der Waals surface area contributed by atoms with Crippen LogP contribution < -0.4 is 4.74 Å². The summed E-state index contributed by atoms with van der Waals surface area (Å²) in [6.07, 6.45) is 0. The summed E-state index contributed by atoms with van der Waals surface area (Å²) < 4.78 is 5.08. The van der Waals surface area contributed by atoms with Crippen molar-refractivity contribution in [2.75, 3.05) is 7.11 Å². The van der Waals surface area contributed by atoms with Crippen LogP contribution in [-0.2, 0) is 0 Å². The Morgan fingerprint density at radius 1 is 1.06 bits per heavy atom. The highest BCUT2D eigenvalue weighted by Gasteiger charge is 2.11. The van der Waals surface area contributed by atoms with Crippen molar-refractivity contribution in [3.8, 4) is 17.1 Å². The molecule has 2 aromatic rings. The van der Waals surface area contributed by atoms with E-state index in [4.69, 9.17) is 39.5 Å². The highest BCUT2D eigenvalue weighted by Crippen LogP contribution is 2.30. The Kier molecular flexibility index (Phi) is 3.95. The van der Waals surface area contributed by atoms with Gasteiger partial charge in [0, 0.05) is 11.1 Å². The SMILES string of the molecule is COc1ccc(-c2nc(Cl)c(C)c(Cl)n2)cc1Cl. The van der Waals surface area contributed by atoms with E-state index < -0.39 is 0 Å². The van der Waals surface area contributed by atoms with E-state index in [2.05, 4.69) is 9.97 Å². The van der Waals surface area contributed by atoms with Crippen molar-refractivity contribution in [2.45, 2.75) is 6.92 Å². The number of ether oxygens (including phenoxy) is 1. The van der Waals surface area contributed by atoms with Crippen LogP contribution in [0, 0.1) is 6.92 Å². The molecule has 0 saturated heterocycles. The summed E-state index contributed by atoms with van der Waals surface area (Å²) in [7, 11) is 1.55. The zero-order valence-corrected chi connectivity index (χ0v) is 11.9. The van der Waals surface area contributed by atoms with Crippen molar-refractivity contribution < 1.29 is 4.74 Å². The number of hydrogen-bond acceptors (Lipinski definition) is 3. The summed E-state index contributed by atoms with van der Waals surface area (Å²) in [4.78, 5) is 8.34. The molecule has 0 aliphatic rings. The number of hydrogen-bond donors (Lipinski definition) is 0. The molecular weight excluding hydrogens is 295 g/mol. The molecule has 0 fully saturated rings. The molecule has 0 spiro atoms. The van der Waals surface area contributed by atoms with Gasteiger partial charge in [-0.1, -0.05) is 34.8 Å². The van der Waals surface area contributed by atoms with Crippen molar-refractivity contribution in [1.82, 2.24) is 9.97 Å². The fraction of sp³-hybridized carbons (Fsp3) is 0.167. The number of aromatic nitrogens is 2. The second kappa shape index (κ2) is 5.31. The lowest BCUT2D eigenvalue weighted by atomic mass is 10.2. The van der Waals surface area contributed by atoms with Gasteiger partial charge in [0.25, 0.3) is 0 Å². The van der Waals surface area contributed by atoms with Gasteiger partial charge in [0.1, 0.15) is 16.1 Å². The summed E-state index contributed by atoms with van der Waals surface area (Å²) in [5.74, 6) is 1.02. The monoisotopic (exact) mass is 302 g/mol. The second-order valence-corrected chi connectivity index (χ2v) is 4.73. The summed E-state index contributed by atoms with van der Waals surface area (Å²) in [5, 5.41) is 1.14. The van der Waals surface area contributed by atoms with Crippen molar-refractivity contribution >= 4 is 34.8 Å². The molecule has 0 aliphatic carbocycles. The number of benzene rings is 1. The average molecular weight is 304 g/mol. The predicted molar refractivity (Wildman–Crippen MR) is 73.8 cm³/mol. The van der Waals surface area contributed by atoms with Gasteiger partial charge in [-0.2, -0.15) is 0 Å². The Morgan fingerprint density at radius 3 is 2.17 bits per heavy atom. The lowest BCUT2D eigenvalue weighted by Gasteiger charge is -2.07. The van der Waals surface area contributed by atoms with Crippen LogP contribution in [-0.4, -0.2) is 17.1 Å². The van der Waals surface area contributed by atoms with E-state index in [-0.39, 0.29) is 0 Å². The molecular formula is C12H9Cl3N2O. The van der Waals surface area contributed by atoms with E-state index in [0.29, 0.717) is 32.5 Å². The maximum absolute atomic E-state index is 6.04. The first-order valence-corrected chi connectivity index (χ1v) is 6.20. The van der Waals surface area contributed by atoms with Gasteiger partial charge in [0.15, 0.2) is 5.82 Å². The van der Waals surface area contributed by atoms with Gasteiger partial charge in [0.2, 0.25) is 0 Å². The van der Waals surface area contributed by atoms with Crippen molar-refractivity contribution in [3.05, 3.63) is 39.1 Å². The molecule has 3 nitrogen and oxygen atoms in total. The van der Waals surface area contributed by atoms with E-state index >= 15 is 0 Å². The van der Waals surface area contributed by atoms with Crippen LogP contribution in [0.1, 0.15) is 5.56 Å². The van der Waals surface area contributed by atoms with Crippen molar-refractivity contribution in [3.63, 3.8) is 0 Å². The molecule has 0 N–H and O–H groups in total. The van der Waals surface area contributed by atoms with Gasteiger partial charge in [-0.3, -0.25) is 0 Å². The van der Waals surface area contributed by atoms with Crippen molar-refractivity contribution in [2.24, 2.45) is 0 Å². The number of halogens is 3. The molecule has 0 bridgehead atoms. The Bertz CT molecular complexity index is 579. The highest BCUT2D eigenvalue weighted by molar-refractivity contribution is 6.34. The molecule has 18 heavy (non-hydrogen) atoms. The third-order valence-electron chi connectivity index (χ3n) is 2.44. The fourth-order valence-electron chi connectivity index (χ4n) is 1.40. The highest BCUT2D eigenvalue weighted by atomic mass is 35.5. The van der Waals surface area contributed by atoms with Crippen LogP contribution in [0.25, 0.3) is 11.4 Å². The quantitative estimate of drug-likeness (QED) is 0.770. The number of methoxy groups -OCH3 is 1. The molecule has 1 aromatic heterocycles. The molecule has 0 atom stereocenters. The molecule has 2 rings (SSSR count). The third-order valence-corrected chi connectivity index (χ3v) is 3.47. The van der Waals surface area contributed by atoms with Gasteiger partial charge in [-0.05, 0) is 25.1 Å². The fourth-order valence-corrected chi connectivity index (χ4v) is 2.04. The van der Waals surface area contributed by atoms with Gasteiger partial charge in [-0.25, -0.2) is 9.97 Å². The van der Waals surface area contributed by atoms with Crippen molar-refractivity contribution in [1.29, 1.82) is 0 Å². The van der Waals surface area contributed by atoms with E-state index in [1.807, 2.05) is 0 Å². The first-order valence-electron chi connectivity index (χ1n) is 5.06. The summed E-state index contributed by atoms with van der Waals surface area (Å²) in [5.41, 5.74) is 1.38. The van der Waals surface area contributed by atoms with Crippen LogP contribution in [0.3, 0.4) is 0 Å². The summed E-state index contributed by atoms with van der Waals surface area (Å²) >= 11 is 18.0. The second-order valence-electron chi connectivity index (χ2n) is 3.60. The topological polar surface area (TPSA) is 35.0 Å². The lowest BCUT2D eigenvalue weighted by Crippen LogP contribution is -1.94. The molecule has 6 heteroatoms. The zero-order chi connectivity index (χ0) is 13.3. The molecule has 94 valence electrons. The maximum atomic E-state index is 6.04. The molecule has 1 aromatic carbocycles. The summed E-state index contributed by atoms with van der Waals surface area (Å²) in [6, 6.07) is 5.24. The minimum absolute atomic E-state index is 0.331.